The number of anilines is 1. The number of ether oxygens (including phenoxy) is 1. The Morgan fingerprint density at radius 2 is 1.91 bits per heavy atom. The fraction of sp³-hybridized carbons (Fsp3) is 0.133. The van der Waals surface area contributed by atoms with Crippen molar-refractivity contribution < 1.29 is 27.2 Å². The molecule has 0 saturated carbocycles. The molecule has 2 heterocycles. The van der Waals surface area contributed by atoms with Gasteiger partial charge in [0.25, 0.3) is 0 Å². The van der Waals surface area contributed by atoms with Crippen molar-refractivity contribution in [1.29, 1.82) is 0 Å². The van der Waals surface area contributed by atoms with E-state index < -0.39 is 6.36 Å². The quantitative estimate of drug-likeness (QED) is 0.679. The van der Waals surface area contributed by atoms with Crippen LogP contribution in [0.25, 0.3) is 22.6 Å². The summed E-state index contributed by atoms with van der Waals surface area (Å²) in [5.41, 5.74) is 1.73. The van der Waals surface area contributed by atoms with Crippen LogP contribution in [0.2, 0.25) is 0 Å². The van der Waals surface area contributed by atoms with E-state index in [0.717, 1.165) is 0 Å². The molecule has 0 aliphatic carbocycles. The summed E-state index contributed by atoms with van der Waals surface area (Å²) < 4.78 is 47.4. The SMILES string of the molecule is FC(F)(F)Oc1ccc(N2CO2)cc1-c1nc2ccccc2o1. The third-order valence-corrected chi connectivity index (χ3v) is 3.26. The third-order valence-electron chi connectivity index (χ3n) is 3.26. The maximum absolute atomic E-state index is 12.6. The van der Waals surface area contributed by atoms with Crippen LogP contribution >= 0.6 is 0 Å². The number of halogens is 3. The number of hydrogen-bond donors (Lipinski definition) is 0. The lowest BCUT2D eigenvalue weighted by molar-refractivity contribution is -0.274. The molecule has 4 rings (SSSR count). The Kier molecular flexibility index (Phi) is 2.95. The number of aromatic nitrogens is 1. The van der Waals surface area contributed by atoms with Crippen LogP contribution in [0, 0.1) is 0 Å². The van der Waals surface area contributed by atoms with Gasteiger partial charge in [0.1, 0.15) is 11.3 Å². The van der Waals surface area contributed by atoms with Crippen molar-refractivity contribution in [3.8, 4) is 17.2 Å². The van der Waals surface area contributed by atoms with Crippen molar-refractivity contribution in [2.45, 2.75) is 6.36 Å². The summed E-state index contributed by atoms with van der Waals surface area (Å²) in [5, 5.41) is 1.52. The molecule has 3 aromatic rings. The zero-order chi connectivity index (χ0) is 16.0. The van der Waals surface area contributed by atoms with Gasteiger partial charge in [0.2, 0.25) is 5.89 Å². The van der Waals surface area contributed by atoms with E-state index in [0.29, 0.717) is 23.5 Å². The highest BCUT2D eigenvalue weighted by molar-refractivity contribution is 5.78. The van der Waals surface area contributed by atoms with Crippen molar-refractivity contribution in [3.63, 3.8) is 0 Å². The Balaban J connectivity index is 1.84. The van der Waals surface area contributed by atoms with Crippen molar-refractivity contribution in [3.05, 3.63) is 42.5 Å². The predicted molar refractivity (Wildman–Crippen MR) is 74.6 cm³/mol. The van der Waals surface area contributed by atoms with Crippen molar-refractivity contribution in [2.24, 2.45) is 0 Å². The molecule has 0 amide bonds. The van der Waals surface area contributed by atoms with Gasteiger partial charge in [-0.05, 0) is 30.3 Å². The number of rotatable bonds is 3. The van der Waals surface area contributed by atoms with Gasteiger partial charge in [0.15, 0.2) is 12.3 Å². The van der Waals surface area contributed by atoms with E-state index in [4.69, 9.17) is 9.25 Å². The molecule has 1 saturated heterocycles. The van der Waals surface area contributed by atoms with Gasteiger partial charge in [0, 0.05) is 0 Å². The van der Waals surface area contributed by atoms with Crippen molar-refractivity contribution in [2.75, 3.05) is 11.8 Å². The highest BCUT2D eigenvalue weighted by Gasteiger charge is 2.33. The Morgan fingerprint density at radius 3 is 2.61 bits per heavy atom. The molecule has 0 N–H and O–H groups in total. The molecule has 1 aliphatic rings. The van der Waals surface area contributed by atoms with E-state index >= 15 is 0 Å². The Labute approximate surface area is 127 Å². The zero-order valence-corrected chi connectivity index (χ0v) is 11.5. The summed E-state index contributed by atoms with van der Waals surface area (Å²) in [7, 11) is 0. The molecule has 1 aromatic heterocycles. The van der Waals surface area contributed by atoms with Crippen LogP contribution in [0.15, 0.2) is 46.9 Å². The average molecular weight is 322 g/mol. The monoisotopic (exact) mass is 322 g/mol. The highest BCUT2D eigenvalue weighted by Crippen LogP contribution is 2.38. The minimum Gasteiger partial charge on any atom is -0.436 e. The molecule has 0 atom stereocenters. The largest absolute Gasteiger partial charge is 0.573 e. The lowest BCUT2D eigenvalue weighted by atomic mass is 10.1. The van der Waals surface area contributed by atoms with Crippen LogP contribution < -0.4 is 9.80 Å². The summed E-state index contributed by atoms with van der Waals surface area (Å²) >= 11 is 0. The van der Waals surface area contributed by atoms with Crippen molar-refractivity contribution in [1.82, 2.24) is 4.98 Å². The van der Waals surface area contributed by atoms with Gasteiger partial charge in [-0.1, -0.05) is 12.1 Å². The van der Waals surface area contributed by atoms with E-state index in [-0.39, 0.29) is 17.2 Å². The molecular weight excluding hydrogens is 313 g/mol. The van der Waals surface area contributed by atoms with Gasteiger partial charge in [-0.3, -0.25) is 0 Å². The van der Waals surface area contributed by atoms with Crippen LogP contribution in [0.4, 0.5) is 18.9 Å². The zero-order valence-electron chi connectivity index (χ0n) is 11.5. The molecule has 118 valence electrons. The van der Waals surface area contributed by atoms with Gasteiger partial charge >= 0.3 is 6.36 Å². The molecule has 0 bridgehead atoms. The van der Waals surface area contributed by atoms with Gasteiger partial charge in [-0.15, -0.1) is 13.2 Å². The Bertz CT molecular complexity index is 839. The molecule has 0 spiro atoms. The minimum atomic E-state index is -4.81. The second-order valence-corrected chi connectivity index (χ2v) is 4.85. The molecule has 5 nitrogen and oxygen atoms in total. The molecular formula is C15H9F3N2O3. The van der Waals surface area contributed by atoms with Gasteiger partial charge in [-0.2, -0.15) is 0 Å². The summed E-state index contributed by atoms with van der Waals surface area (Å²) in [5.74, 6) is -0.330. The maximum Gasteiger partial charge on any atom is 0.573 e. The van der Waals surface area contributed by atoms with E-state index in [9.17, 15) is 13.2 Å². The number of fused-ring (bicyclic) bond motifs is 1. The van der Waals surface area contributed by atoms with E-state index in [1.165, 1.54) is 23.3 Å². The number of oxazole rings is 1. The number of hydrogen-bond acceptors (Lipinski definition) is 5. The number of nitrogens with zero attached hydrogens (tertiary/aromatic N) is 2. The lowest BCUT2D eigenvalue weighted by Crippen LogP contribution is -2.17. The molecule has 8 heteroatoms. The summed E-state index contributed by atoms with van der Waals surface area (Å²) in [6.07, 6.45) is -4.81. The molecule has 2 aromatic carbocycles. The number of alkyl halides is 3. The first kappa shape index (κ1) is 13.9. The molecule has 0 unspecified atom stereocenters. The minimum absolute atomic E-state index is 0.0501. The van der Waals surface area contributed by atoms with Crippen LogP contribution in [0.3, 0.4) is 0 Å². The third kappa shape index (κ3) is 2.80. The van der Waals surface area contributed by atoms with Gasteiger partial charge in [-0.25, -0.2) is 14.9 Å². The first-order valence-corrected chi connectivity index (χ1v) is 6.66. The van der Waals surface area contributed by atoms with Crippen molar-refractivity contribution >= 4 is 16.8 Å². The standard InChI is InChI=1S/C15H9F3N2O3/c16-15(17,18)23-12-6-5-9(20-8-21-20)7-10(12)14-19-11-3-1-2-4-13(11)22-14/h1-7H,8H2. The molecule has 0 radical (unpaired) electrons. The molecule has 1 aliphatic heterocycles. The predicted octanol–water partition coefficient (Wildman–Crippen LogP) is 4.10. The van der Waals surface area contributed by atoms with Crippen LogP contribution in [-0.2, 0) is 4.84 Å². The van der Waals surface area contributed by atoms with Gasteiger partial charge in [0.05, 0.1) is 11.3 Å². The normalized spacial score (nSPS) is 14.3. The first-order chi connectivity index (χ1) is 11.0. The topological polar surface area (TPSA) is 50.8 Å². The summed E-state index contributed by atoms with van der Waals surface area (Å²) in [6.45, 7) is 0.381. The van der Waals surface area contributed by atoms with E-state index in [1.807, 2.05) is 0 Å². The van der Waals surface area contributed by atoms with Crippen LogP contribution in [-0.4, -0.2) is 18.1 Å². The smallest absolute Gasteiger partial charge is 0.436 e. The van der Waals surface area contributed by atoms with Crippen LogP contribution in [0.1, 0.15) is 0 Å². The van der Waals surface area contributed by atoms with Crippen LogP contribution in [0.5, 0.6) is 5.75 Å². The number of benzene rings is 2. The summed E-state index contributed by atoms with van der Waals surface area (Å²) in [6, 6.07) is 11.1. The second kappa shape index (κ2) is 4.88. The number of hydroxylamine groups is 1. The fourth-order valence-electron chi connectivity index (χ4n) is 2.22. The second-order valence-electron chi connectivity index (χ2n) is 4.85. The number of para-hydroxylation sites is 2. The average Bonchev–Trinajstić information content (AvgIpc) is 3.25. The first-order valence-electron chi connectivity index (χ1n) is 6.66. The molecule has 1 fully saturated rings. The van der Waals surface area contributed by atoms with E-state index in [2.05, 4.69) is 9.72 Å². The van der Waals surface area contributed by atoms with E-state index in [1.54, 1.807) is 24.3 Å². The fourth-order valence-corrected chi connectivity index (χ4v) is 2.22. The molecule has 23 heavy (non-hydrogen) atoms. The Morgan fingerprint density at radius 1 is 1.13 bits per heavy atom. The maximum atomic E-state index is 12.6. The Hall–Kier alpha value is -2.74. The highest BCUT2D eigenvalue weighted by atomic mass is 19.4. The summed E-state index contributed by atoms with van der Waals surface area (Å²) in [4.78, 5) is 9.23. The lowest BCUT2D eigenvalue weighted by Gasteiger charge is -2.12. The van der Waals surface area contributed by atoms with Gasteiger partial charge < -0.3 is 9.15 Å².